The van der Waals surface area contributed by atoms with Gasteiger partial charge in [-0.25, -0.2) is 13.1 Å². The van der Waals surface area contributed by atoms with Gasteiger partial charge >= 0.3 is 0 Å². The van der Waals surface area contributed by atoms with E-state index in [0.29, 0.717) is 18.0 Å². The zero-order valence-corrected chi connectivity index (χ0v) is 16.0. The fourth-order valence-electron chi connectivity index (χ4n) is 3.04. The van der Waals surface area contributed by atoms with Crippen molar-refractivity contribution in [2.24, 2.45) is 0 Å². The Labute approximate surface area is 150 Å². The Morgan fingerprint density at radius 3 is 2.40 bits per heavy atom. The maximum absolute atomic E-state index is 12.1. The lowest BCUT2D eigenvalue weighted by molar-refractivity contribution is 0.216. The van der Waals surface area contributed by atoms with Gasteiger partial charge in [0.15, 0.2) is 11.5 Å². The molecule has 0 amide bonds. The first-order valence-corrected chi connectivity index (χ1v) is 10.1. The first-order chi connectivity index (χ1) is 12.0. The number of nitrogens with one attached hydrogen (secondary N) is 1. The quantitative estimate of drug-likeness (QED) is 0.669. The molecule has 1 aromatic rings. The molecule has 1 N–H and O–H groups in total. The molecule has 0 aromatic heterocycles. The van der Waals surface area contributed by atoms with Crippen LogP contribution in [0.5, 0.6) is 11.5 Å². The molecule has 0 radical (unpaired) electrons. The fraction of sp³-hybridized carbons (Fsp3) is 0.647. The van der Waals surface area contributed by atoms with Crippen molar-refractivity contribution >= 4 is 10.0 Å². The Hall–Kier alpha value is -1.35. The van der Waals surface area contributed by atoms with Crippen LogP contribution in [0.2, 0.25) is 0 Å². The number of methoxy groups -OCH3 is 3. The molecule has 2 rings (SSSR count). The molecule has 1 fully saturated rings. The van der Waals surface area contributed by atoms with Crippen LogP contribution in [0.4, 0.5) is 0 Å². The zero-order valence-electron chi connectivity index (χ0n) is 15.2. The Bertz CT molecular complexity index is 644. The van der Waals surface area contributed by atoms with Crippen LogP contribution in [-0.4, -0.2) is 66.6 Å². The van der Waals surface area contributed by atoms with E-state index in [4.69, 9.17) is 14.2 Å². The van der Waals surface area contributed by atoms with E-state index in [9.17, 15) is 8.42 Å². The van der Waals surface area contributed by atoms with E-state index in [1.54, 1.807) is 14.2 Å². The van der Waals surface area contributed by atoms with Crippen molar-refractivity contribution in [3.05, 3.63) is 23.8 Å². The molecule has 1 heterocycles. The zero-order chi connectivity index (χ0) is 18.3. The van der Waals surface area contributed by atoms with E-state index in [1.165, 1.54) is 7.11 Å². The molecule has 1 aliphatic heterocycles. The summed E-state index contributed by atoms with van der Waals surface area (Å²) in [7, 11) is 1.32. The lowest BCUT2D eigenvalue weighted by Gasteiger charge is -2.28. The van der Waals surface area contributed by atoms with Gasteiger partial charge in [0.05, 0.1) is 26.6 Å². The number of benzene rings is 1. The molecule has 1 saturated heterocycles. The van der Waals surface area contributed by atoms with Crippen molar-refractivity contribution in [3.8, 4) is 11.5 Å². The number of nitrogens with zero attached hydrogens (tertiary/aromatic N) is 1. The molecular formula is C17H28N2O5S. The number of sulfonamides is 1. The lowest BCUT2D eigenvalue weighted by atomic mass is 10.0. The second-order valence-electron chi connectivity index (χ2n) is 6.03. The molecular weight excluding hydrogens is 344 g/mol. The van der Waals surface area contributed by atoms with Crippen molar-refractivity contribution in [2.45, 2.75) is 18.9 Å². The van der Waals surface area contributed by atoms with E-state index < -0.39 is 10.0 Å². The molecule has 1 unspecified atom stereocenters. The van der Waals surface area contributed by atoms with Crippen molar-refractivity contribution in [1.29, 1.82) is 0 Å². The minimum Gasteiger partial charge on any atom is -0.493 e. The number of ether oxygens (including phenoxy) is 3. The molecule has 0 aliphatic carbocycles. The van der Waals surface area contributed by atoms with Gasteiger partial charge in [0.2, 0.25) is 10.0 Å². The number of hydrogen-bond donors (Lipinski definition) is 1. The molecule has 0 spiro atoms. The van der Waals surface area contributed by atoms with Gasteiger partial charge in [-0.1, -0.05) is 6.07 Å². The standard InChI is InChI=1S/C17H28N2O5S/c1-22-10-11-25(20,21)18-13-15(19-8-4-5-9-19)14-6-7-16(23-2)17(12-14)24-3/h6-7,12,15,18H,4-5,8-11,13H2,1-3H3. The van der Waals surface area contributed by atoms with Crippen molar-refractivity contribution in [1.82, 2.24) is 9.62 Å². The van der Waals surface area contributed by atoms with Crippen LogP contribution < -0.4 is 14.2 Å². The predicted octanol–water partition coefficient (Wildman–Crippen LogP) is 1.41. The highest BCUT2D eigenvalue weighted by Crippen LogP contribution is 2.33. The normalized spacial score (nSPS) is 16.8. The third-order valence-corrected chi connectivity index (χ3v) is 5.74. The smallest absolute Gasteiger partial charge is 0.213 e. The average Bonchev–Trinajstić information content (AvgIpc) is 3.14. The maximum atomic E-state index is 12.1. The summed E-state index contributed by atoms with van der Waals surface area (Å²) >= 11 is 0. The fourth-order valence-corrected chi connectivity index (χ4v) is 3.98. The number of likely N-dealkylation sites (tertiary alicyclic amines) is 1. The summed E-state index contributed by atoms with van der Waals surface area (Å²) in [6.07, 6.45) is 2.25. The van der Waals surface area contributed by atoms with Gasteiger partial charge in [-0.05, 0) is 43.6 Å². The predicted molar refractivity (Wildman–Crippen MR) is 96.8 cm³/mol. The van der Waals surface area contributed by atoms with Crippen LogP contribution in [-0.2, 0) is 14.8 Å². The highest BCUT2D eigenvalue weighted by Gasteiger charge is 2.26. The summed E-state index contributed by atoms with van der Waals surface area (Å²) < 4.78 is 42.5. The van der Waals surface area contributed by atoms with Crippen LogP contribution >= 0.6 is 0 Å². The van der Waals surface area contributed by atoms with Crippen molar-refractivity contribution in [3.63, 3.8) is 0 Å². The van der Waals surface area contributed by atoms with Gasteiger partial charge in [0.25, 0.3) is 0 Å². The molecule has 8 heteroatoms. The summed E-state index contributed by atoms with van der Waals surface area (Å²) in [6, 6.07) is 5.70. The van der Waals surface area contributed by atoms with E-state index >= 15 is 0 Å². The molecule has 1 aromatic carbocycles. The largest absolute Gasteiger partial charge is 0.493 e. The first kappa shape index (κ1) is 20.0. The summed E-state index contributed by atoms with van der Waals surface area (Å²) in [5.74, 6) is 1.26. The summed E-state index contributed by atoms with van der Waals surface area (Å²) in [6.45, 7) is 2.42. The van der Waals surface area contributed by atoms with Gasteiger partial charge in [-0.15, -0.1) is 0 Å². The average molecular weight is 372 g/mol. The molecule has 7 nitrogen and oxygen atoms in total. The van der Waals surface area contributed by atoms with Crippen molar-refractivity contribution in [2.75, 3.05) is 53.3 Å². The van der Waals surface area contributed by atoms with Crippen LogP contribution in [0.25, 0.3) is 0 Å². The third-order valence-electron chi connectivity index (χ3n) is 4.43. The van der Waals surface area contributed by atoms with Crippen LogP contribution in [0, 0.1) is 0 Å². The molecule has 142 valence electrons. The van der Waals surface area contributed by atoms with Crippen molar-refractivity contribution < 1.29 is 22.6 Å². The first-order valence-electron chi connectivity index (χ1n) is 8.43. The van der Waals surface area contributed by atoms with E-state index in [1.807, 2.05) is 18.2 Å². The molecule has 0 saturated carbocycles. The Kier molecular flexibility index (Phi) is 7.49. The SMILES string of the molecule is COCCS(=O)(=O)NCC(c1ccc(OC)c(OC)c1)N1CCCC1. The van der Waals surface area contributed by atoms with Crippen LogP contribution in [0.1, 0.15) is 24.4 Å². The minimum absolute atomic E-state index is 0.0395. The van der Waals surface area contributed by atoms with E-state index in [0.717, 1.165) is 31.5 Å². The molecule has 0 bridgehead atoms. The topological polar surface area (TPSA) is 77.1 Å². The van der Waals surface area contributed by atoms with Crippen LogP contribution in [0.15, 0.2) is 18.2 Å². The second-order valence-corrected chi connectivity index (χ2v) is 7.96. The molecule has 1 aliphatic rings. The van der Waals surface area contributed by atoms with Gasteiger partial charge in [0, 0.05) is 19.7 Å². The number of rotatable bonds is 10. The molecule has 25 heavy (non-hydrogen) atoms. The second kappa shape index (κ2) is 9.38. The highest BCUT2D eigenvalue weighted by molar-refractivity contribution is 7.89. The Balaban J connectivity index is 2.19. The summed E-state index contributed by atoms with van der Waals surface area (Å²) in [4.78, 5) is 2.31. The Morgan fingerprint density at radius 2 is 1.80 bits per heavy atom. The summed E-state index contributed by atoms with van der Waals surface area (Å²) in [5.41, 5.74) is 1.01. The van der Waals surface area contributed by atoms with E-state index in [2.05, 4.69) is 9.62 Å². The Morgan fingerprint density at radius 1 is 1.12 bits per heavy atom. The highest BCUT2D eigenvalue weighted by atomic mass is 32.2. The van der Waals surface area contributed by atoms with E-state index in [-0.39, 0.29) is 18.4 Å². The van der Waals surface area contributed by atoms with Gasteiger partial charge < -0.3 is 14.2 Å². The monoisotopic (exact) mass is 372 g/mol. The number of hydrogen-bond acceptors (Lipinski definition) is 6. The van der Waals surface area contributed by atoms with Crippen LogP contribution in [0.3, 0.4) is 0 Å². The van der Waals surface area contributed by atoms with Gasteiger partial charge in [0.1, 0.15) is 0 Å². The summed E-state index contributed by atoms with van der Waals surface area (Å²) in [5, 5.41) is 0. The third kappa shape index (κ3) is 5.57. The lowest BCUT2D eigenvalue weighted by Crippen LogP contribution is -2.38. The maximum Gasteiger partial charge on any atom is 0.213 e. The van der Waals surface area contributed by atoms with Gasteiger partial charge in [-0.3, -0.25) is 4.90 Å². The van der Waals surface area contributed by atoms with Gasteiger partial charge in [-0.2, -0.15) is 0 Å². The minimum atomic E-state index is -3.36. The molecule has 1 atom stereocenters.